The average molecular weight is 336 g/mol. The van der Waals surface area contributed by atoms with Gasteiger partial charge in [0.15, 0.2) is 11.4 Å². The Morgan fingerprint density at radius 2 is 1.48 bits per heavy atom. The van der Waals surface area contributed by atoms with Gasteiger partial charge in [0.2, 0.25) is 0 Å². The van der Waals surface area contributed by atoms with Crippen LogP contribution in [0.1, 0.15) is 43.3 Å². The molecule has 0 atom stereocenters. The standard InChI is InChI=1S/C19H20N4O2/c1-13-7-5-6-8-14(13)11-22-15(9-20)16(10-21)23(12-19(2,3)4)18(25)17(22)24/h5-8H,11-12H2,1-4H3. The largest absolute Gasteiger partial charge is 0.317 e. The molecule has 6 heteroatoms. The van der Waals surface area contributed by atoms with Crippen LogP contribution in [0.15, 0.2) is 33.9 Å². The maximum absolute atomic E-state index is 12.6. The molecule has 2 aromatic rings. The molecule has 0 saturated carbocycles. The molecule has 2 rings (SSSR count). The highest BCUT2D eigenvalue weighted by Crippen LogP contribution is 2.17. The first-order valence-electron chi connectivity index (χ1n) is 7.92. The number of aromatic nitrogens is 2. The Bertz CT molecular complexity index is 1010. The van der Waals surface area contributed by atoms with Crippen LogP contribution in [0.25, 0.3) is 0 Å². The highest BCUT2D eigenvalue weighted by atomic mass is 16.2. The third kappa shape index (κ3) is 3.70. The monoisotopic (exact) mass is 336 g/mol. The molecular formula is C19H20N4O2. The zero-order chi connectivity index (χ0) is 18.8. The molecule has 0 spiro atoms. The van der Waals surface area contributed by atoms with E-state index in [1.165, 1.54) is 0 Å². The van der Waals surface area contributed by atoms with E-state index in [-0.39, 0.29) is 29.9 Å². The summed E-state index contributed by atoms with van der Waals surface area (Å²) < 4.78 is 2.22. The Morgan fingerprint density at radius 1 is 0.960 bits per heavy atom. The lowest BCUT2D eigenvalue weighted by atomic mass is 9.96. The van der Waals surface area contributed by atoms with E-state index in [1.54, 1.807) is 0 Å². The van der Waals surface area contributed by atoms with Crippen molar-refractivity contribution >= 4 is 0 Å². The predicted octanol–water partition coefficient (Wildman–Crippen LogP) is 2.16. The number of benzene rings is 1. The summed E-state index contributed by atoms with van der Waals surface area (Å²) in [5.41, 5.74) is -0.289. The summed E-state index contributed by atoms with van der Waals surface area (Å²) in [6.07, 6.45) is 0. The molecule has 0 bridgehead atoms. The van der Waals surface area contributed by atoms with Gasteiger partial charge in [-0.2, -0.15) is 10.5 Å². The van der Waals surface area contributed by atoms with Gasteiger partial charge in [-0.3, -0.25) is 18.7 Å². The molecule has 0 fully saturated rings. The molecular weight excluding hydrogens is 316 g/mol. The predicted molar refractivity (Wildman–Crippen MR) is 94.1 cm³/mol. The third-order valence-electron chi connectivity index (χ3n) is 3.87. The van der Waals surface area contributed by atoms with Crippen LogP contribution < -0.4 is 11.1 Å². The minimum Gasteiger partial charge on any atom is -0.292 e. The van der Waals surface area contributed by atoms with Crippen LogP contribution in [-0.4, -0.2) is 9.13 Å². The molecule has 1 aromatic carbocycles. The van der Waals surface area contributed by atoms with Crippen molar-refractivity contribution in [2.75, 3.05) is 0 Å². The molecule has 0 amide bonds. The summed E-state index contributed by atoms with van der Waals surface area (Å²) in [6.45, 7) is 7.83. The second-order valence-corrected chi connectivity index (χ2v) is 7.19. The van der Waals surface area contributed by atoms with Crippen molar-refractivity contribution in [1.82, 2.24) is 9.13 Å². The van der Waals surface area contributed by atoms with E-state index in [2.05, 4.69) is 0 Å². The number of rotatable bonds is 3. The lowest BCUT2D eigenvalue weighted by Crippen LogP contribution is -2.45. The Balaban J connectivity index is 2.76. The molecule has 25 heavy (non-hydrogen) atoms. The number of hydrogen-bond acceptors (Lipinski definition) is 4. The van der Waals surface area contributed by atoms with E-state index in [0.717, 1.165) is 20.3 Å². The minimum atomic E-state index is -0.789. The van der Waals surface area contributed by atoms with Gasteiger partial charge in [0, 0.05) is 6.54 Å². The van der Waals surface area contributed by atoms with Crippen molar-refractivity contribution in [3.63, 3.8) is 0 Å². The first-order chi connectivity index (χ1) is 11.7. The van der Waals surface area contributed by atoms with Crippen molar-refractivity contribution in [2.24, 2.45) is 5.41 Å². The minimum absolute atomic E-state index is 0.0735. The maximum Gasteiger partial charge on any atom is 0.317 e. The van der Waals surface area contributed by atoms with E-state index in [4.69, 9.17) is 0 Å². The van der Waals surface area contributed by atoms with Gasteiger partial charge in [0.05, 0.1) is 6.54 Å². The lowest BCUT2D eigenvalue weighted by Gasteiger charge is -2.22. The van der Waals surface area contributed by atoms with E-state index in [1.807, 2.05) is 64.1 Å². The fourth-order valence-corrected chi connectivity index (χ4v) is 2.65. The number of nitriles is 2. The summed E-state index contributed by atoms with van der Waals surface area (Å²) in [6, 6.07) is 11.3. The van der Waals surface area contributed by atoms with Gasteiger partial charge in [-0.15, -0.1) is 0 Å². The molecule has 0 unspecified atom stereocenters. The summed E-state index contributed by atoms with van der Waals surface area (Å²) in [5.74, 6) is 0. The molecule has 0 aliphatic carbocycles. The van der Waals surface area contributed by atoms with E-state index < -0.39 is 11.1 Å². The zero-order valence-corrected chi connectivity index (χ0v) is 14.8. The molecule has 0 saturated heterocycles. The fourth-order valence-electron chi connectivity index (χ4n) is 2.65. The first-order valence-corrected chi connectivity index (χ1v) is 7.92. The number of hydrogen-bond donors (Lipinski definition) is 0. The van der Waals surface area contributed by atoms with Gasteiger partial charge in [0.1, 0.15) is 12.1 Å². The third-order valence-corrected chi connectivity index (χ3v) is 3.87. The molecule has 128 valence electrons. The summed E-state index contributed by atoms with van der Waals surface area (Å²) in [7, 11) is 0. The van der Waals surface area contributed by atoms with Crippen molar-refractivity contribution in [3.05, 3.63) is 67.5 Å². The van der Waals surface area contributed by atoms with Gasteiger partial charge in [0.25, 0.3) is 0 Å². The molecule has 1 aromatic heterocycles. The van der Waals surface area contributed by atoms with Crippen LogP contribution >= 0.6 is 0 Å². The van der Waals surface area contributed by atoms with Crippen molar-refractivity contribution in [1.29, 1.82) is 10.5 Å². The highest BCUT2D eigenvalue weighted by Gasteiger charge is 2.23. The SMILES string of the molecule is Cc1ccccc1Cn1c(C#N)c(C#N)n(CC(C)(C)C)c(=O)c1=O. The maximum atomic E-state index is 12.6. The number of aryl methyl sites for hydroxylation is 1. The quantitative estimate of drug-likeness (QED) is 0.803. The Kier molecular flexibility index (Phi) is 4.94. The fraction of sp³-hybridized carbons (Fsp3) is 0.368. The number of nitrogens with zero attached hydrogens (tertiary/aromatic N) is 4. The van der Waals surface area contributed by atoms with Crippen molar-refractivity contribution < 1.29 is 0 Å². The molecule has 0 radical (unpaired) electrons. The van der Waals surface area contributed by atoms with Crippen LogP contribution in [0, 0.1) is 35.0 Å². The van der Waals surface area contributed by atoms with Crippen LogP contribution in [-0.2, 0) is 13.1 Å². The summed E-state index contributed by atoms with van der Waals surface area (Å²) >= 11 is 0. The molecule has 0 aliphatic heterocycles. The van der Waals surface area contributed by atoms with Crippen LogP contribution in [0.3, 0.4) is 0 Å². The van der Waals surface area contributed by atoms with Crippen LogP contribution in [0.4, 0.5) is 0 Å². The Hall–Kier alpha value is -3.12. The lowest BCUT2D eigenvalue weighted by molar-refractivity contribution is 0.333. The van der Waals surface area contributed by atoms with Gasteiger partial charge >= 0.3 is 11.1 Å². The first kappa shape index (κ1) is 18.2. The van der Waals surface area contributed by atoms with Crippen molar-refractivity contribution in [2.45, 2.75) is 40.8 Å². The van der Waals surface area contributed by atoms with Gasteiger partial charge in [-0.25, -0.2) is 0 Å². The Morgan fingerprint density at radius 3 is 2.00 bits per heavy atom. The van der Waals surface area contributed by atoms with Crippen LogP contribution in [0.2, 0.25) is 0 Å². The van der Waals surface area contributed by atoms with Gasteiger partial charge < -0.3 is 0 Å². The van der Waals surface area contributed by atoms with E-state index >= 15 is 0 Å². The average Bonchev–Trinajstić information content (AvgIpc) is 2.54. The van der Waals surface area contributed by atoms with Crippen LogP contribution in [0.5, 0.6) is 0 Å². The van der Waals surface area contributed by atoms with Gasteiger partial charge in [-0.05, 0) is 23.5 Å². The Labute approximate surface area is 146 Å². The normalized spacial score (nSPS) is 11.0. The van der Waals surface area contributed by atoms with Crippen molar-refractivity contribution in [3.8, 4) is 12.1 Å². The highest BCUT2D eigenvalue weighted by molar-refractivity contribution is 5.38. The second kappa shape index (κ2) is 6.78. The second-order valence-electron chi connectivity index (χ2n) is 7.19. The topological polar surface area (TPSA) is 91.6 Å². The van der Waals surface area contributed by atoms with E-state index in [9.17, 15) is 20.1 Å². The summed E-state index contributed by atoms with van der Waals surface area (Å²) in [4.78, 5) is 25.2. The zero-order valence-electron chi connectivity index (χ0n) is 14.8. The molecule has 1 heterocycles. The smallest absolute Gasteiger partial charge is 0.292 e. The summed E-state index contributed by atoms with van der Waals surface area (Å²) in [5, 5.41) is 19.1. The van der Waals surface area contributed by atoms with Gasteiger partial charge in [-0.1, -0.05) is 45.0 Å². The molecule has 6 nitrogen and oxygen atoms in total. The molecule has 0 N–H and O–H groups in total. The van der Waals surface area contributed by atoms with E-state index in [0.29, 0.717) is 0 Å². The molecule has 0 aliphatic rings.